The third kappa shape index (κ3) is 6.61. The van der Waals surface area contributed by atoms with Crippen molar-refractivity contribution in [2.24, 2.45) is 16.3 Å². The van der Waals surface area contributed by atoms with Gasteiger partial charge < -0.3 is 24.8 Å². The van der Waals surface area contributed by atoms with Gasteiger partial charge in [0.15, 0.2) is 5.96 Å². The molecule has 1 heterocycles. The number of nitrogens with zero attached hydrogens (tertiary/aromatic N) is 1. The number of guanidine groups is 1. The molecule has 2 aliphatic rings. The third-order valence-electron chi connectivity index (χ3n) is 6.35. The van der Waals surface area contributed by atoms with Gasteiger partial charge in [-0.1, -0.05) is 18.6 Å². The quantitative estimate of drug-likeness (QED) is 0.425. The Bertz CT molecular complexity index is 682. The fourth-order valence-corrected chi connectivity index (χ4v) is 4.14. The van der Waals surface area contributed by atoms with Crippen LogP contribution in [0.3, 0.4) is 0 Å². The van der Waals surface area contributed by atoms with Gasteiger partial charge in [-0.25, -0.2) is 4.99 Å². The first kappa shape index (κ1) is 22.9. The molecule has 0 bridgehead atoms. The SMILES string of the molecule is CCNC(=NCc1ccc(C)cc1OCC1CCOC1)NCC1(CCOC)CCC1. The monoisotopic (exact) mass is 417 g/mol. The molecule has 1 aromatic carbocycles. The van der Waals surface area contributed by atoms with Gasteiger partial charge >= 0.3 is 0 Å². The normalized spacial score (nSPS) is 20.6. The molecule has 0 amide bonds. The van der Waals surface area contributed by atoms with E-state index in [1.807, 2.05) is 0 Å². The van der Waals surface area contributed by atoms with Gasteiger partial charge in [0.2, 0.25) is 0 Å². The molecule has 30 heavy (non-hydrogen) atoms. The van der Waals surface area contributed by atoms with E-state index < -0.39 is 0 Å². The molecule has 0 spiro atoms. The lowest BCUT2D eigenvalue weighted by Gasteiger charge is -2.42. The molecule has 1 saturated heterocycles. The maximum absolute atomic E-state index is 6.18. The first-order valence-electron chi connectivity index (χ1n) is 11.5. The number of hydrogen-bond acceptors (Lipinski definition) is 4. The molecule has 3 rings (SSSR count). The Hall–Kier alpha value is -1.79. The van der Waals surface area contributed by atoms with E-state index in [2.05, 4.69) is 42.7 Å². The zero-order valence-electron chi connectivity index (χ0n) is 19.0. The van der Waals surface area contributed by atoms with E-state index in [0.29, 0.717) is 24.5 Å². The van der Waals surface area contributed by atoms with Crippen LogP contribution in [0.5, 0.6) is 5.75 Å². The van der Waals surface area contributed by atoms with Crippen LogP contribution in [0, 0.1) is 18.3 Å². The molecule has 2 fully saturated rings. The zero-order valence-corrected chi connectivity index (χ0v) is 19.0. The van der Waals surface area contributed by atoms with Crippen LogP contribution in [0.15, 0.2) is 23.2 Å². The Morgan fingerprint density at radius 2 is 2.17 bits per heavy atom. The highest BCUT2D eigenvalue weighted by Crippen LogP contribution is 2.43. The van der Waals surface area contributed by atoms with Crippen molar-refractivity contribution in [3.8, 4) is 5.75 Å². The lowest BCUT2D eigenvalue weighted by molar-refractivity contribution is 0.0732. The van der Waals surface area contributed by atoms with Gasteiger partial charge in [0.25, 0.3) is 0 Å². The fraction of sp³-hybridized carbons (Fsp3) is 0.708. The van der Waals surface area contributed by atoms with Crippen molar-refractivity contribution < 1.29 is 14.2 Å². The average molecular weight is 418 g/mol. The van der Waals surface area contributed by atoms with Crippen molar-refractivity contribution in [2.75, 3.05) is 46.6 Å². The summed E-state index contributed by atoms with van der Waals surface area (Å²) in [6, 6.07) is 6.38. The maximum atomic E-state index is 6.18. The number of aliphatic imine (C=N–C) groups is 1. The Labute approximate surface area is 181 Å². The second-order valence-corrected chi connectivity index (χ2v) is 8.80. The van der Waals surface area contributed by atoms with Crippen molar-refractivity contribution >= 4 is 5.96 Å². The summed E-state index contributed by atoms with van der Waals surface area (Å²) in [7, 11) is 1.78. The van der Waals surface area contributed by atoms with Gasteiger partial charge in [-0.05, 0) is 56.6 Å². The highest BCUT2D eigenvalue weighted by molar-refractivity contribution is 5.79. The first-order valence-corrected chi connectivity index (χ1v) is 11.5. The maximum Gasteiger partial charge on any atom is 0.191 e. The zero-order chi connectivity index (χ0) is 21.2. The summed E-state index contributed by atoms with van der Waals surface area (Å²) in [5.74, 6) is 2.31. The molecule has 6 nitrogen and oxygen atoms in total. The van der Waals surface area contributed by atoms with Crippen LogP contribution < -0.4 is 15.4 Å². The number of ether oxygens (including phenoxy) is 3. The van der Waals surface area contributed by atoms with E-state index in [9.17, 15) is 0 Å². The number of hydrogen-bond donors (Lipinski definition) is 2. The molecule has 6 heteroatoms. The molecule has 1 atom stereocenters. The van der Waals surface area contributed by atoms with Crippen molar-refractivity contribution in [1.82, 2.24) is 10.6 Å². The molecule has 0 radical (unpaired) electrons. The number of rotatable bonds is 11. The molecule has 1 aromatic rings. The van der Waals surface area contributed by atoms with E-state index in [0.717, 1.165) is 63.0 Å². The van der Waals surface area contributed by atoms with Gasteiger partial charge in [0.05, 0.1) is 19.8 Å². The number of methoxy groups -OCH3 is 1. The Kier molecular flexibility index (Phi) is 8.82. The predicted octanol–water partition coefficient (Wildman–Crippen LogP) is 3.67. The first-order chi connectivity index (χ1) is 14.6. The standard InChI is InChI=1S/C24H39N3O3/c1-4-25-23(27-18-24(9-5-10-24)11-13-28-3)26-15-21-7-6-19(2)14-22(21)30-17-20-8-12-29-16-20/h6-7,14,20H,4-5,8-13,15-18H2,1-3H3,(H2,25,26,27). The summed E-state index contributed by atoms with van der Waals surface area (Å²) >= 11 is 0. The molecule has 168 valence electrons. The molecule has 1 aliphatic heterocycles. The van der Waals surface area contributed by atoms with Gasteiger partial charge in [0.1, 0.15) is 5.75 Å². The van der Waals surface area contributed by atoms with Crippen LogP contribution in [-0.2, 0) is 16.0 Å². The van der Waals surface area contributed by atoms with E-state index in [1.54, 1.807) is 7.11 Å². The largest absolute Gasteiger partial charge is 0.493 e. The van der Waals surface area contributed by atoms with Gasteiger partial charge in [-0.15, -0.1) is 0 Å². The van der Waals surface area contributed by atoms with Crippen molar-refractivity contribution in [1.29, 1.82) is 0 Å². The number of benzene rings is 1. The molecule has 1 aliphatic carbocycles. The van der Waals surface area contributed by atoms with E-state index >= 15 is 0 Å². The lowest BCUT2D eigenvalue weighted by atomic mass is 9.67. The summed E-state index contributed by atoms with van der Waals surface area (Å²) in [6.45, 7) is 9.77. The minimum Gasteiger partial charge on any atom is -0.493 e. The van der Waals surface area contributed by atoms with Crippen molar-refractivity contribution in [3.05, 3.63) is 29.3 Å². The summed E-state index contributed by atoms with van der Waals surface area (Å²) in [4.78, 5) is 4.85. The molecule has 2 N–H and O–H groups in total. The molecular weight excluding hydrogens is 378 g/mol. The summed E-state index contributed by atoms with van der Waals surface area (Å²) in [5, 5.41) is 6.96. The lowest BCUT2D eigenvalue weighted by Crippen LogP contribution is -2.46. The second-order valence-electron chi connectivity index (χ2n) is 8.80. The van der Waals surface area contributed by atoms with Crippen molar-refractivity contribution in [3.63, 3.8) is 0 Å². The summed E-state index contributed by atoms with van der Waals surface area (Å²) in [6.07, 6.45) is 6.04. The smallest absolute Gasteiger partial charge is 0.191 e. The minimum absolute atomic E-state index is 0.355. The van der Waals surface area contributed by atoms with Crippen LogP contribution in [0.1, 0.15) is 50.2 Å². The molecule has 0 aromatic heterocycles. The number of nitrogens with one attached hydrogen (secondary N) is 2. The van der Waals surface area contributed by atoms with Crippen LogP contribution in [-0.4, -0.2) is 52.6 Å². The van der Waals surface area contributed by atoms with Crippen LogP contribution >= 0.6 is 0 Å². The molecular formula is C24H39N3O3. The fourth-order valence-electron chi connectivity index (χ4n) is 4.14. The average Bonchev–Trinajstić information content (AvgIpc) is 3.24. The van der Waals surface area contributed by atoms with Gasteiger partial charge in [-0.2, -0.15) is 0 Å². The summed E-state index contributed by atoms with van der Waals surface area (Å²) < 4.78 is 17.0. The van der Waals surface area contributed by atoms with Crippen LogP contribution in [0.25, 0.3) is 0 Å². The van der Waals surface area contributed by atoms with E-state index in [-0.39, 0.29) is 0 Å². The van der Waals surface area contributed by atoms with Crippen molar-refractivity contribution in [2.45, 2.75) is 52.5 Å². The van der Waals surface area contributed by atoms with E-state index in [4.69, 9.17) is 19.2 Å². The molecule has 1 unspecified atom stereocenters. The Morgan fingerprint density at radius 3 is 2.83 bits per heavy atom. The predicted molar refractivity (Wildman–Crippen MR) is 121 cm³/mol. The summed E-state index contributed by atoms with van der Waals surface area (Å²) in [5.41, 5.74) is 2.68. The third-order valence-corrected chi connectivity index (χ3v) is 6.35. The highest BCUT2D eigenvalue weighted by atomic mass is 16.5. The van der Waals surface area contributed by atoms with Gasteiger partial charge in [0, 0.05) is 44.9 Å². The van der Waals surface area contributed by atoms with Gasteiger partial charge in [-0.3, -0.25) is 0 Å². The minimum atomic E-state index is 0.355. The number of aryl methyl sites for hydroxylation is 1. The Morgan fingerprint density at radius 1 is 1.30 bits per heavy atom. The van der Waals surface area contributed by atoms with E-state index in [1.165, 1.54) is 24.8 Å². The van der Waals surface area contributed by atoms with Crippen LogP contribution in [0.2, 0.25) is 0 Å². The second kappa shape index (κ2) is 11.6. The highest BCUT2D eigenvalue weighted by Gasteiger charge is 2.36. The Balaban J connectivity index is 1.60. The molecule has 1 saturated carbocycles. The van der Waals surface area contributed by atoms with Crippen LogP contribution in [0.4, 0.5) is 0 Å². The topological polar surface area (TPSA) is 64.1 Å².